The summed E-state index contributed by atoms with van der Waals surface area (Å²) in [5.41, 5.74) is 1.41. The maximum atomic E-state index is 12.5. The van der Waals surface area contributed by atoms with Crippen molar-refractivity contribution in [3.63, 3.8) is 0 Å². The van der Waals surface area contributed by atoms with Gasteiger partial charge in [0.15, 0.2) is 6.61 Å². The number of aryl methyl sites for hydroxylation is 1. The maximum Gasteiger partial charge on any atom is 0.342 e. The standard InChI is InChI=1S/C20H20N2O6/c1-11-4-6-16(18(25)8-11)20(27)28-10-19(26)15-7-5-14(21-12(2)23)9-17(15)22-13(3)24/h4-9,25H,10H2,1-3H3,(H,21,23)(H,22,24). The van der Waals surface area contributed by atoms with Crippen LogP contribution in [0.3, 0.4) is 0 Å². The molecule has 0 saturated heterocycles. The van der Waals surface area contributed by atoms with Crippen LogP contribution in [0.1, 0.15) is 40.1 Å². The van der Waals surface area contributed by atoms with E-state index in [9.17, 15) is 24.3 Å². The zero-order chi connectivity index (χ0) is 20.8. The molecule has 0 aliphatic heterocycles. The third-order valence-corrected chi connectivity index (χ3v) is 3.66. The molecule has 0 radical (unpaired) electrons. The van der Waals surface area contributed by atoms with Crippen LogP contribution in [-0.2, 0) is 14.3 Å². The molecule has 2 amide bonds. The summed E-state index contributed by atoms with van der Waals surface area (Å²) in [6.07, 6.45) is 0. The Kier molecular flexibility index (Phi) is 6.49. The van der Waals surface area contributed by atoms with E-state index in [0.717, 1.165) is 5.56 Å². The van der Waals surface area contributed by atoms with Gasteiger partial charge in [0.05, 0.1) is 5.69 Å². The molecule has 146 valence electrons. The summed E-state index contributed by atoms with van der Waals surface area (Å²) in [5, 5.41) is 14.9. The summed E-state index contributed by atoms with van der Waals surface area (Å²) in [6, 6.07) is 8.79. The molecule has 0 aliphatic carbocycles. The van der Waals surface area contributed by atoms with Gasteiger partial charge >= 0.3 is 5.97 Å². The van der Waals surface area contributed by atoms with E-state index >= 15 is 0 Å². The van der Waals surface area contributed by atoms with Gasteiger partial charge in [-0.3, -0.25) is 14.4 Å². The van der Waals surface area contributed by atoms with Crippen LogP contribution in [0.4, 0.5) is 11.4 Å². The average molecular weight is 384 g/mol. The smallest absolute Gasteiger partial charge is 0.342 e. The Labute approximate surface area is 161 Å². The Morgan fingerprint density at radius 1 is 0.929 bits per heavy atom. The van der Waals surface area contributed by atoms with Crippen molar-refractivity contribution in [1.82, 2.24) is 0 Å². The highest BCUT2D eigenvalue weighted by atomic mass is 16.5. The molecule has 2 aromatic rings. The summed E-state index contributed by atoms with van der Waals surface area (Å²) >= 11 is 0. The second-order valence-corrected chi connectivity index (χ2v) is 6.14. The molecule has 2 aromatic carbocycles. The Balaban J connectivity index is 2.17. The van der Waals surface area contributed by atoms with E-state index in [0.29, 0.717) is 5.69 Å². The predicted molar refractivity (Wildman–Crippen MR) is 103 cm³/mol. The molecular formula is C20H20N2O6. The first kappa shape index (κ1) is 20.6. The van der Waals surface area contributed by atoms with Crippen molar-refractivity contribution in [3.05, 3.63) is 53.1 Å². The van der Waals surface area contributed by atoms with Gasteiger partial charge in [0.25, 0.3) is 0 Å². The van der Waals surface area contributed by atoms with Crippen molar-refractivity contribution in [2.24, 2.45) is 0 Å². The van der Waals surface area contributed by atoms with Gasteiger partial charge in [-0.05, 0) is 42.8 Å². The molecule has 28 heavy (non-hydrogen) atoms. The number of phenolic OH excluding ortho intramolecular Hbond substituents is 1. The van der Waals surface area contributed by atoms with Gasteiger partial charge in [0, 0.05) is 25.1 Å². The number of aromatic hydroxyl groups is 1. The summed E-state index contributed by atoms with van der Waals surface area (Å²) < 4.78 is 4.99. The van der Waals surface area contributed by atoms with Gasteiger partial charge in [0.1, 0.15) is 11.3 Å². The van der Waals surface area contributed by atoms with E-state index in [1.54, 1.807) is 13.0 Å². The van der Waals surface area contributed by atoms with Gasteiger partial charge in [-0.1, -0.05) is 6.07 Å². The number of hydrogen-bond donors (Lipinski definition) is 3. The Morgan fingerprint density at radius 2 is 1.57 bits per heavy atom. The van der Waals surface area contributed by atoms with Crippen LogP contribution in [0.25, 0.3) is 0 Å². The molecule has 8 nitrogen and oxygen atoms in total. The van der Waals surface area contributed by atoms with Crippen LogP contribution >= 0.6 is 0 Å². The van der Waals surface area contributed by atoms with E-state index in [2.05, 4.69) is 10.6 Å². The number of rotatable bonds is 6. The van der Waals surface area contributed by atoms with E-state index < -0.39 is 24.3 Å². The zero-order valence-corrected chi connectivity index (χ0v) is 15.7. The highest BCUT2D eigenvalue weighted by Gasteiger charge is 2.18. The molecule has 0 atom stereocenters. The quantitative estimate of drug-likeness (QED) is 0.520. The SMILES string of the molecule is CC(=O)Nc1ccc(C(=O)COC(=O)c2ccc(C)cc2O)c(NC(C)=O)c1. The molecule has 0 aliphatic rings. The molecule has 3 N–H and O–H groups in total. The normalized spacial score (nSPS) is 10.1. The van der Waals surface area contributed by atoms with Crippen LogP contribution in [0, 0.1) is 6.92 Å². The number of benzene rings is 2. The fraction of sp³-hybridized carbons (Fsp3) is 0.200. The Bertz CT molecular complexity index is 952. The van der Waals surface area contributed by atoms with Crippen molar-refractivity contribution in [3.8, 4) is 5.75 Å². The molecule has 0 spiro atoms. The van der Waals surface area contributed by atoms with Gasteiger partial charge in [0.2, 0.25) is 17.6 Å². The molecule has 0 fully saturated rings. The van der Waals surface area contributed by atoms with E-state index in [-0.39, 0.29) is 28.5 Å². The first-order valence-electron chi connectivity index (χ1n) is 8.36. The number of carbonyl (C=O) groups is 4. The molecule has 0 aromatic heterocycles. The maximum absolute atomic E-state index is 12.5. The molecule has 0 heterocycles. The number of ketones is 1. The summed E-state index contributed by atoms with van der Waals surface area (Å²) in [4.78, 5) is 47.2. The number of amides is 2. The van der Waals surface area contributed by atoms with Gasteiger partial charge in [-0.15, -0.1) is 0 Å². The van der Waals surface area contributed by atoms with Crippen LogP contribution < -0.4 is 10.6 Å². The number of anilines is 2. The largest absolute Gasteiger partial charge is 0.507 e. The van der Waals surface area contributed by atoms with Crippen molar-refractivity contribution < 1.29 is 29.0 Å². The minimum Gasteiger partial charge on any atom is -0.507 e. The minimum atomic E-state index is -0.846. The number of nitrogens with one attached hydrogen (secondary N) is 2. The molecule has 8 heteroatoms. The first-order chi connectivity index (χ1) is 13.2. The highest BCUT2D eigenvalue weighted by Crippen LogP contribution is 2.23. The van der Waals surface area contributed by atoms with Crippen molar-refractivity contribution in [2.75, 3.05) is 17.2 Å². The van der Waals surface area contributed by atoms with E-state index in [4.69, 9.17) is 4.74 Å². The van der Waals surface area contributed by atoms with E-state index in [1.165, 1.54) is 44.2 Å². The lowest BCUT2D eigenvalue weighted by Gasteiger charge is -2.12. The number of hydrogen-bond acceptors (Lipinski definition) is 6. The summed E-state index contributed by atoms with van der Waals surface area (Å²) in [5.74, 6) is -2.36. The van der Waals surface area contributed by atoms with Crippen LogP contribution in [0.15, 0.2) is 36.4 Å². The topological polar surface area (TPSA) is 122 Å². The minimum absolute atomic E-state index is 0.0542. The first-order valence-corrected chi connectivity index (χ1v) is 8.36. The molecule has 2 rings (SSSR count). The van der Waals surface area contributed by atoms with Crippen LogP contribution in [0.2, 0.25) is 0 Å². The number of phenols is 1. The molecule has 0 unspecified atom stereocenters. The second kappa shape index (κ2) is 8.81. The Hall–Kier alpha value is -3.68. The second-order valence-electron chi connectivity index (χ2n) is 6.14. The monoisotopic (exact) mass is 384 g/mol. The summed E-state index contributed by atoms with van der Waals surface area (Å²) in [6.45, 7) is 3.78. The predicted octanol–water partition coefficient (Wildman–Crippen LogP) is 2.66. The van der Waals surface area contributed by atoms with E-state index in [1.807, 2.05) is 0 Å². The van der Waals surface area contributed by atoms with Gasteiger partial charge < -0.3 is 20.5 Å². The lowest BCUT2D eigenvalue weighted by molar-refractivity contribution is -0.115. The number of Topliss-reactive ketones (excluding diaryl/α,β-unsaturated/α-hetero) is 1. The zero-order valence-electron chi connectivity index (χ0n) is 15.7. The van der Waals surface area contributed by atoms with Gasteiger partial charge in [-0.25, -0.2) is 4.79 Å². The highest BCUT2D eigenvalue weighted by molar-refractivity contribution is 6.07. The fourth-order valence-corrected chi connectivity index (χ4v) is 2.46. The number of ether oxygens (including phenoxy) is 1. The lowest BCUT2D eigenvalue weighted by Crippen LogP contribution is -2.18. The lowest BCUT2D eigenvalue weighted by atomic mass is 10.1. The average Bonchev–Trinajstić information content (AvgIpc) is 2.58. The van der Waals surface area contributed by atoms with Crippen molar-refractivity contribution >= 4 is 34.9 Å². The Morgan fingerprint density at radius 3 is 2.18 bits per heavy atom. The third-order valence-electron chi connectivity index (χ3n) is 3.66. The molecule has 0 bridgehead atoms. The van der Waals surface area contributed by atoms with Crippen molar-refractivity contribution in [1.29, 1.82) is 0 Å². The molecule has 0 saturated carbocycles. The van der Waals surface area contributed by atoms with Crippen LogP contribution in [-0.4, -0.2) is 35.3 Å². The number of esters is 1. The third kappa shape index (κ3) is 5.41. The molecular weight excluding hydrogens is 364 g/mol. The summed E-state index contributed by atoms with van der Waals surface area (Å²) in [7, 11) is 0. The van der Waals surface area contributed by atoms with Crippen molar-refractivity contribution in [2.45, 2.75) is 20.8 Å². The number of carbonyl (C=O) groups excluding carboxylic acids is 4. The fourth-order valence-electron chi connectivity index (χ4n) is 2.46. The van der Waals surface area contributed by atoms with Crippen LogP contribution in [0.5, 0.6) is 5.75 Å². The van der Waals surface area contributed by atoms with Gasteiger partial charge in [-0.2, -0.15) is 0 Å².